The maximum absolute atomic E-state index is 12.5. The summed E-state index contributed by atoms with van der Waals surface area (Å²) in [5, 5.41) is 0. The largest absolute Gasteiger partial charge is 0.455 e. The predicted octanol–water partition coefficient (Wildman–Crippen LogP) is 2.25. The van der Waals surface area contributed by atoms with Gasteiger partial charge in [-0.3, -0.25) is 9.59 Å². The second kappa shape index (κ2) is 10.2. The maximum Gasteiger partial charge on any atom is 0.321 e. The monoisotopic (exact) mass is 418 g/mol. The molecule has 1 N–H and O–H groups in total. The molecule has 0 heterocycles. The van der Waals surface area contributed by atoms with Crippen molar-refractivity contribution in [1.82, 2.24) is 9.62 Å². The molecule has 0 aliphatic carbocycles. The van der Waals surface area contributed by atoms with Gasteiger partial charge >= 0.3 is 5.97 Å². The standard InChI is InChI=1S/C21H26N2O5S/c1-16(2)23(14-18-7-5-4-6-8-18)20(24)15-28-21(25)13-22-29(26,27)19-11-9-17(3)10-12-19/h4-12,16,22H,13-15H2,1-3H3. The van der Waals surface area contributed by atoms with E-state index in [0.29, 0.717) is 6.54 Å². The number of nitrogens with zero attached hydrogens (tertiary/aromatic N) is 1. The maximum atomic E-state index is 12.5. The van der Waals surface area contributed by atoms with Crippen LogP contribution in [0.2, 0.25) is 0 Å². The zero-order valence-corrected chi connectivity index (χ0v) is 17.6. The number of amides is 1. The first kappa shape index (κ1) is 22.6. The molecule has 0 fully saturated rings. The topological polar surface area (TPSA) is 92.8 Å². The lowest BCUT2D eigenvalue weighted by atomic mass is 10.2. The molecule has 0 aromatic heterocycles. The highest BCUT2D eigenvalue weighted by Gasteiger charge is 2.20. The van der Waals surface area contributed by atoms with Gasteiger partial charge in [0, 0.05) is 12.6 Å². The van der Waals surface area contributed by atoms with Crippen LogP contribution < -0.4 is 4.72 Å². The minimum Gasteiger partial charge on any atom is -0.455 e. The Bertz CT molecular complexity index is 925. The van der Waals surface area contributed by atoms with Crippen LogP contribution in [0.1, 0.15) is 25.0 Å². The molecule has 0 bridgehead atoms. The van der Waals surface area contributed by atoms with Gasteiger partial charge in [0.1, 0.15) is 6.54 Å². The summed E-state index contributed by atoms with van der Waals surface area (Å²) >= 11 is 0. The van der Waals surface area contributed by atoms with E-state index in [-0.39, 0.29) is 16.8 Å². The summed E-state index contributed by atoms with van der Waals surface area (Å²) in [5.41, 5.74) is 1.89. The fraction of sp³-hybridized carbons (Fsp3) is 0.333. The zero-order chi connectivity index (χ0) is 21.4. The van der Waals surface area contributed by atoms with Crippen molar-refractivity contribution in [2.75, 3.05) is 13.2 Å². The second-order valence-electron chi connectivity index (χ2n) is 6.90. The molecule has 8 heteroatoms. The molecule has 0 radical (unpaired) electrons. The van der Waals surface area contributed by atoms with Crippen molar-refractivity contribution in [3.8, 4) is 0 Å². The van der Waals surface area contributed by atoms with Crippen LogP contribution in [0.4, 0.5) is 0 Å². The van der Waals surface area contributed by atoms with Crippen LogP contribution in [0.3, 0.4) is 0 Å². The molecule has 0 aliphatic rings. The third-order valence-electron chi connectivity index (χ3n) is 4.23. The lowest BCUT2D eigenvalue weighted by molar-refractivity contribution is -0.152. The van der Waals surface area contributed by atoms with Crippen molar-refractivity contribution in [2.45, 2.75) is 38.3 Å². The number of aryl methyl sites for hydroxylation is 1. The minimum atomic E-state index is -3.83. The van der Waals surface area contributed by atoms with E-state index >= 15 is 0 Å². The van der Waals surface area contributed by atoms with E-state index in [1.54, 1.807) is 17.0 Å². The van der Waals surface area contributed by atoms with Gasteiger partial charge in [-0.25, -0.2) is 8.42 Å². The Morgan fingerprint density at radius 1 is 1.03 bits per heavy atom. The second-order valence-corrected chi connectivity index (χ2v) is 8.67. The molecule has 0 saturated carbocycles. The van der Waals surface area contributed by atoms with Gasteiger partial charge in [0.25, 0.3) is 5.91 Å². The van der Waals surface area contributed by atoms with Gasteiger partial charge in [-0.05, 0) is 38.5 Å². The SMILES string of the molecule is Cc1ccc(S(=O)(=O)NCC(=O)OCC(=O)N(Cc2ccccc2)C(C)C)cc1. The van der Waals surface area contributed by atoms with Crippen molar-refractivity contribution < 1.29 is 22.7 Å². The van der Waals surface area contributed by atoms with Crippen molar-refractivity contribution in [3.63, 3.8) is 0 Å². The number of hydrogen-bond donors (Lipinski definition) is 1. The van der Waals surface area contributed by atoms with Crippen LogP contribution in [0, 0.1) is 6.92 Å². The predicted molar refractivity (Wildman–Crippen MR) is 109 cm³/mol. The average Bonchev–Trinajstić information content (AvgIpc) is 2.69. The van der Waals surface area contributed by atoms with Gasteiger partial charge in [-0.2, -0.15) is 4.72 Å². The van der Waals surface area contributed by atoms with Crippen molar-refractivity contribution in [2.24, 2.45) is 0 Å². The fourth-order valence-corrected chi connectivity index (χ4v) is 3.54. The summed E-state index contributed by atoms with van der Waals surface area (Å²) in [6.45, 7) is 4.99. The highest BCUT2D eigenvalue weighted by Crippen LogP contribution is 2.10. The molecule has 7 nitrogen and oxygen atoms in total. The van der Waals surface area contributed by atoms with Gasteiger partial charge in [-0.15, -0.1) is 0 Å². The van der Waals surface area contributed by atoms with E-state index in [4.69, 9.17) is 4.74 Å². The number of esters is 1. The first-order valence-corrected chi connectivity index (χ1v) is 10.7. The molecule has 2 rings (SSSR count). The van der Waals surface area contributed by atoms with Crippen molar-refractivity contribution in [3.05, 3.63) is 65.7 Å². The molecule has 0 unspecified atom stereocenters. The molecule has 156 valence electrons. The van der Waals surface area contributed by atoms with E-state index in [9.17, 15) is 18.0 Å². The molecule has 0 spiro atoms. The number of rotatable bonds is 9. The van der Waals surface area contributed by atoms with E-state index in [2.05, 4.69) is 4.72 Å². The first-order valence-electron chi connectivity index (χ1n) is 9.24. The van der Waals surface area contributed by atoms with Crippen LogP contribution in [0.25, 0.3) is 0 Å². The van der Waals surface area contributed by atoms with Crippen LogP contribution in [-0.2, 0) is 30.9 Å². The van der Waals surface area contributed by atoms with Crippen LogP contribution >= 0.6 is 0 Å². The van der Waals surface area contributed by atoms with Crippen molar-refractivity contribution in [1.29, 1.82) is 0 Å². The Morgan fingerprint density at radius 2 is 1.66 bits per heavy atom. The van der Waals surface area contributed by atoms with Gasteiger partial charge in [0.15, 0.2) is 6.61 Å². The highest BCUT2D eigenvalue weighted by atomic mass is 32.2. The zero-order valence-electron chi connectivity index (χ0n) is 16.8. The lowest BCUT2D eigenvalue weighted by Crippen LogP contribution is -2.40. The van der Waals surface area contributed by atoms with Crippen molar-refractivity contribution >= 4 is 21.9 Å². The first-order chi connectivity index (χ1) is 13.7. The summed E-state index contributed by atoms with van der Waals surface area (Å²) in [4.78, 5) is 26.0. The lowest BCUT2D eigenvalue weighted by Gasteiger charge is -2.26. The van der Waals surface area contributed by atoms with E-state index < -0.39 is 29.1 Å². The summed E-state index contributed by atoms with van der Waals surface area (Å²) in [5.74, 6) is -1.17. The Labute approximate surface area is 171 Å². The van der Waals surface area contributed by atoms with Gasteiger partial charge in [0.05, 0.1) is 4.90 Å². The van der Waals surface area contributed by atoms with Crippen LogP contribution in [-0.4, -0.2) is 44.4 Å². The number of sulfonamides is 1. The molecule has 1 amide bonds. The van der Waals surface area contributed by atoms with Gasteiger partial charge < -0.3 is 9.64 Å². The molecule has 0 aliphatic heterocycles. The third-order valence-corrected chi connectivity index (χ3v) is 5.65. The molecular formula is C21H26N2O5S. The summed E-state index contributed by atoms with van der Waals surface area (Å²) < 4.78 is 31.5. The molecule has 2 aromatic carbocycles. The molecule has 0 atom stereocenters. The summed E-state index contributed by atoms with van der Waals surface area (Å²) in [6.07, 6.45) is 0. The third kappa shape index (κ3) is 6.99. The smallest absolute Gasteiger partial charge is 0.321 e. The number of carbonyl (C=O) groups excluding carboxylic acids is 2. The highest BCUT2D eigenvalue weighted by molar-refractivity contribution is 7.89. The quantitative estimate of drug-likeness (QED) is 0.631. The Kier molecular flexibility index (Phi) is 7.92. The molecular weight excluding hydrogens is 392 g/mol. The Morgan fingerprint density at radius 3 is 2.24 bits per heavy atom. The number of carbonyl (C=O) groups is 2. The fourth-order valence-electron chi connectivity index (χ4n) is 2.57. The van der Waals surface area contributed by atoms with E-state index in [1.165, 1.54) is 12.1 Å². The average molecular weight is 419 g/mol. The number of hydrogen-bond acceptors (Lipinski definition) is 5. The van der Waals surface area contributed by atoms with Crippen LogP contribution in [0.5, 0.6) is 0 Å². The number of benzene rings is 2. The van der Waals surface area contributed by atoms with E-state index in [0.717, 1.165) is 11.1 Å². The minimum absolute atomic E-state index is 0.0563. The summed E-state index contributed by atoms with van der Waals surface area (Å²) in [7, 11) is -3.83. The van der Waals surface area contributed by atoms with E-state index in [1.807, 2.05) is 51.1 Å². The summed E-state index contributed by atoms with van der Waals surface area (Å²) in [6, 6.07) is 15.6. The number of nitrogens with one attached hydrogen (secondary N) is 1. The number of ether oxygens (including phenoxy) is 1. The van der Waals surface area contributed by atoms with Gasteiger partial charge in [-0.1, -0.05) is 48.0 Å². The normalized spacial score (nSPS) is 11.3. The Balaban J connectivity index is 1.86. The van der Waals surface area contributed by atoms with Crippen LogP contribution in [0.15, 0.2) is 59.5 Å². The van der Waals surface area contributed by atoms with Gasteiger partial charge in [0.2, 0.25) is 10.0 Å². The Hall–Kier alpha value is -2.71. The molecule has 0 saturated heterocycles. The molecule has 29 heavy (non-hydrogen) atoms. The molecule has 2 aromatic rings.